The van der Waals surface area contributed by atoms with E-state index in [9.17, 15) is 13.6 Å². The van der Waals surface area contributed by atoms with E-state index in [1.54, 1.807) is 18.9 Å². The minimum absolute atomic E-state index is 0.184. The van der Waals surface area contributed by atoms with Gasteiger partial charge in [-0.1, -0.05) is 18.2 Å². The molecule has 1 aromatic heterocycles. The average Bonchev–Trinajstić information content (AvgIpc) is 3.06. The van der Waals surface area contributed by atoms with Crippen molar-refractivity contribution < 1.29 is 23.0 Å². The predicted octanol–water partition coefficient (Wildman–Crippen LogP) is 5.33. The maximum Gasteiger partial charge on any atom is 0.411 e. The van der Waals surface area contributed by atoms with Crippen LogP contribution in [-0.2, 0) is 11.3 Å². The zero-order chi connectivity index (χ0) is 23.8. The quantitative estimate of drug-likeness (QED) is 0.493. The Bertz CT molecular complexity index is 1210. The van der Waals surface area contributed by atoms with Crippen LogP contribution in [0.5, 0.6) is 5.75 Å². The molecule has 0 N–H and O–H groups in total. The summed E-state index contributed by atoms with van der Waals surface area (Å²) in [5.74, 6) is 0.134. The van der Waals surface area contributed by atoms with Gasteiger partial charge in [0.05, 0.1) is 25.4 Å². The van der Waals surface area contributed by atoms with Gasteiger partial charge in [-0.3, -0.25) is 4.90 Å². The summed E-state index contributed by atoms with van der Waals surface area (Å²) in [6.07, 6.45) is -0.220. The summed E-state index contributed by atoms with van der Waals surface area (Å²) in [5.41, 5.74) is 2.70. The minimum Gasteiger partial charge on any atom is -0.496 e. The van der Waals surface area contributed by atoms with Gasteiger partial charge in [0.25, 0.3) is 0 Å². The van der Waals surface area contributed by atoms with E-state index in [1.165, 1.54) is 12.1 Å². The summed E-state index contributed by atoms with van der Waals surface area (Å²) < 4.78 is 38.7. The third-order valence-corrected chi connectivity index (χ3v) is 6.46. The fraction of sp³-hybridized carbons (Fsp3) is 0.308. The molecule has 34 heavy (non-hydrogen) atoms. The van der Waals surface area contributed by atoms with E-state index in [0.29, 0.717) is 11.4 Å². The van der Waals surface area contributed by atoms with E-state index < -0.39 is 29.9 Å². The minimum atomic E-state index is -0.786. The second-order valence-corrected chi connectivity index (χ2v) is 8.58. The lowest BCUT2D eigenvalue weighted by atomic mass is 10.0. The van der Waals surface area contributed by atoms with E-state index in [4.69, 9.17) is 14.5 Å². The molecule has 5 rings (SSSR count). The van der Waals surface area contributed by atoms with Crippen molar-refractivity contribution in [3.63, 3.8) is 0 Å². The lowest BCUT2D eigenvalue weighted by Gasteiger charge is -2.33. The largest absolute Gasteiger partial charge is 0.496 e. The first-order valence-corrected chi connectivity index (χ1v) is 11.3. The molecule has 2 aromatic carbocycles. The van der Waals surface area contributed by atoms with Gasteiger partial charge in [-0.15, -0.1) is 0 Å². The molecule has 2 aliphatic heterocycles. The van der Waals surface area contributed by atoms with E-state index in [1.807, 2.05) is 36.4 Å². The Morgan fingerprint density at radius 1 is 1.06 bits per heavy atom. The zero-order valence-electron chi connectivity index (χ0n) is 19.0. The number of amides is 1. The van der Waals surface area contributed by atoms with Gasteiger partial charge in [0.15, 0.2) is 0 Å². The van der Waals surface area contributed by atoms with Crippen LogP contribution < -0.4 is 9.64 Å². The van der Waals surface area contributed by atoms with Crippen LogP contribution in [-0.4, -0.2) is 42.2 Å². The predicted molar refractivity (Wildman–Crippen MR) is 124 cm³/mol. The number of halogens is 2. The molecule has 3 aromatic rings. The molecule has 2 fully saturated rings. The van der Waals surface area contributed by atoms with Gasteiger partial charge in [-0.2, -0.15) is 0 Å². The third-order valence-electron chi connectivity index (χ3n) is 6.46. The van der Waals surface area contributed by atoms with Gasteiger partial charge in [-0.05, 0) is 43.7 Å². The molecule has 1 amide bonds. The molecule has 176 valence electrons. The molecular weight excluding hydrogens is 440 g/mol. The first kappa shape index (κ1) is 22.1. The number of rotatable bonds is 6. The van der Waals surface area contributed by atoms with Crippen LogP contribution in [0.4, 0.5) is 19.4 Å². The number of carbonyl (C=O) groups is 1. The van der Waals surface area contributed by atoms with Crippen LogP contribution in [0.1, 0.15) is 30.7 Å². The van der Waals surface area contributed by atoms with Crippen molar-refractivity contribution in [3.05, 3.63) is 77.5 Å². The number of aromatic nitrogens is 1. The van der Waals surface area contributed by atoms with Gasteiger partial charge >= 0.3 is 6.09 Å². The molecule has 0 radical (unpaired) electrons. The van der Waals surface area contributed by atoms with Gasteiger partial charge in [0, 0.05) is 35.8 Å². The third kappa shape index (κ3) is 4.04. The van der Waals surface area contributed by atoms with E-state index in [2.05, 4.69) is 4.90 Å². The number of benzene rings is 2. The fourth-order valence-corrected chi connectivity index (χ4v) is 4.50. The molecule has 2 atom stereocenters. The molecule has 8 heteroatoms. The van der Waals surface area contributed by atoms with Crippen molar-refractivity contribution in [3.8, 4) is 16.9 Å². The second-order valence-electron chi connectivity index (χ2n) is 8.58. The molecule has 2 unspecified atom stereocenters. The second kappa shape index (κ2) is 8.93. The van der Waals surface area contributed by atoms with Crippen LogP contribution in [0.3, 0.4) is 0 Å². The first-order chi connectivity index (χ1) is 16.4. The monoisotopic (exact) mass is 465 g/mol. The summed E-state index contributed by atoms with van der Waals surface area (Å²) in [6.45, 7) is 3.87. The van der Waals surface area contributed by atoms with E-state index in [0.717, 1.165) is 42.5 Å². The molecule has 0 aliphatic carbocycles. The van der Waals surface area contributed by atoms with Crippen LogP contribution in [0.2, 0.25) is 0 Å². The zero-order valence-corrected chi connectivity index (χ0v) is 19.0. The summed E-state index contributed by atoms with van der Waals surface area (Å²) in [7, 11) is 1.61. The highest BCUT2D eigenvalue weighted by molar-refractivity contribution is 5.75. The molecule has 2 saturated heterocycles. The van der Waals surface area contributed by atoms with Crippen LogP contribution >= 0.6 is 0 Å². The number of methoxy groups -OCH3 is 1. The number of hydrogen-bond acceptors (Lipinski definition) is 5. The Morgan fingerprint density at radius 2 is 1.79 bits per heavy atom. The normalized spacial score (nSPS) is 19.7. The standard InChI is InChI=1S/C26H25F2N3O3/c1-16-25(17-12-18(27)14-19(28)13-17)34-26(32)31(16)15-22-20(21-6-3-4-7-23(21)33-2)8-9-24(29-22)30-10-5-11-30/h3-4,6-9,12-14,16,25H,5,10-11,15H2,1-2H3. The van der Waals surface area contributed by atoms with Gasteiger partial charge in [0.1, 0.15) is 29.3 Å². The SMILES string of the molecule is COc1ccccc1-c1ccc(N2CCC2)nc1CN1C(=O)OC(c2cc(F)cc(F)c2)C1C. The molecule has 0 saturated carbocycles. The van der Waals surface area contributed by atoms with Crippen molar-refractivity contribution in [2.45, 2.75) is 32.0 Å². The van der Waals surface area contributed by atoms with Crippen molar-refractivity contribution >= 4 is 11.9 Å². The molecule has 2 aliphatic rings. The number of ether oxygens (including phenoxy) is 2. The Balaban J connectivity index is 1.50. The van der Waals surface area contributed by atoms with Crippen molar-refractivity contribution in [1.82, 2.24) is 9.88 Å². The smallest absolute Gasteiger partial charge is 0.411 e. The van der Waals surface area contributed by atoms with Gasteiger partial charge in [-0.25, -0.2) is 18.6 Å². The molecule has 3 heterocycles. The lowest BCUT2D eigenvalue weighted by Crippen LogP contribution is -2.38. The Morgan fingerprint density at radius 3 is 2.47 bits per heavy atom. The lowest BCUT2D eigenvalue weighted by molar-refractivity contribution is 0.130. The van der Waals surface area contributed by atoms with Crippen LogP contribution in [0, 0.1) is 11.6 Å². The first-order valence-electron chi connectivity index (χ1n) is 11.3. The topological polar surface area (TPSA) is 54.9 Å². The Kier molecular flexibility index (Phi) is 5.81. The van der Waals surface area contributed by atoms with Crippen LogP contribution in [0.15, 0.2) is 54.6 Å². The van der Waals surface area contributed by atoms with E-state index >= 15 is 0 Å². The number of hydrogen-bond donors (Lipinski definition) is 0. The Labute approximate surface area is 196 Å². The highest BCUT2D eigenvalue weighted by Gasteiger charge is 2.40. The number of anilines is 1. The number of pyridine rings is 1. The summed E-state index contributed by atoms with van der Waals surface area (Å²) in [4.78, 5) is 21.5. The van der Waals surface area contributed by atoms with E-state index in [-0.39, 0.29) is 12.1 Å². The number of carbonyl (C=O) groups excluding carboxylic acids is 1. The highest BCUT2D eigenvalue weighted by Crippen LogP contribution is 2.37. The van der Waals surface area contributed by atoms with Gasteiger partial charge < -0.3 is 14.4 Å². The molecule has 0 spiro atoms. The fourth-order valence-electron chi connectivity index (χ4n) is 4.50. The number of para-hydroxylation sites is 1. The van der Waals surface area contributed by atoms with Crippen molar-refractivity contribution in [2.24, 2.45) is 0 Å². The molecule has 6 nitrogen and oxygen atoms in total. The molecular formula is C26H25F2N3O3. The molecule has 0 bridgehead atoms. The summed E-state index contributed by atoms with van der Waals surface area (Å²) in [6, 6.07) is 14.4. The number of nitrogens with zero attached hydrogens (tertiary/aromatic N) is 3. The average molecular weight is 466 g/mol. The Hall–Kier alpha value is -3.68. The van der Waals surface area contributed by atoms with Gasteiger partial charge in [0.2, 0.25) is 0 Å². The summed E-state index contributed by atoms with van der Waals surface area (Å²) in [5, 5.41) is 0. The number of cyclic esters (lactones) is 1. The van der Waals surface area contributed by atoms with Crippen molar-refractivity contribution in [1.29, 1.82) is 0 Å². The highest BCUT2D eigenvalue weighted by atomic mass is 19.1. The maximum atomic E-state index is 13.8. The van der Waals surface area contributed by atoms with Crippen molar-refractivity contribution in [2.75, 3.05) is 25.1 Å². The maximum absolute atomic E-state index is 13.8. The summed E-state index contributed by atoms with van der Waals surface area (Å²) >= 11 is 0. The van der Waals surface area contributed by atoms with Crippen LogP contribution in [0.25, 0.3) is 11.1 Å².